The van der Waals surface area contributed by atoms with Crippen LogP contribution in [-0.2, 0) is 0 Å². The Morgan fingerprint density at radius 2 is 1.65 bits per heavy atom. The monoisotopic (exact) mass is 277 g/mol. The minimum absolute atomic E-state index is 0.332. The van der Waals surface area contributed by atoms with Crippen LogP contribution in [0.15, 0.2) is 0 Å². The first-order valence-electron chi connectivity index (χ1n) is 8.99. The molecule has 2 N–H and O–H groups in total. The van der Waals surface area contributed by atoms with Crippen molar-refractivity contribution in [2.75, 3.05) is 39.3 Å². The first-order chi connectivity index (χ1) is 9.82. The van der Waals surface area contributed by atoms with E-state index in [0.29, 0.717) is 5.54 Å². The zero-order valence-electron chi connectivity index (χ0n) is 12.9. The normalized spacial score (nSPS) is 49.0. The first kappa shape index (κ1) is 13.5. The van der Waals surface area contributed by atoms with Crippen molar-refractivity contribution in [3.05, 3.63) is 0 Å². The molecule has 4 saturated heterocycles. The molecule has 0 radical (unpaired) electrons. The van der Waals surface area contributed by atoms with Crippen molar-refractivity contribution in [3.8, 4) is 0 Å². The summed E-state index contributed by atoms with van der Waals surface area (Å²) in [6, 6.07) is 0. The van der Waals surface area contributed by atoms with Crippen molar-refractivity contribution in [1.82, 2.24) is 9.80 Å². The summed E-state index contributed by atoms with van der Waals surface area (Å²) in [5.74, 6) is 2.89. The average molecular weight is 277 g/mol. The quantitative estimate of drug-likeness (QED) is 0.837. The fourth-order valence-corrected chi connectivity index (χ4v) is 5.87. The highest BCUT2D eigenvalue weighted by Gasteiger charge is 2.51. The summed E-state index contributed by atoms with van der Waals surface area (Å²) < 4.78 is 0. The molecule has 3 heteroatoms. The zero-order valence-corrected chi connectivity index (χ0v) is 12.9. The van der Waals surface area contributed by atoms with E-state index in [9.17, 15) is 0 Å². The summed E-state index contributed by atoms with van der Waals surface area (Å²) in [5, 5.41) is 0. The Morgan fingerprint density at radius 1 is 0.900 bits per heavy atom. The minimum Gasteiger partial charge on any atom is -0.329 e. The molecular formula is C17H31N3. The van der Waals surface area contributed by atoms with Gasteiger partial charge in [0.2, 0.25) is 0 Å². The van der Waals surface area contributed by atoms with Crippen molar-refractivity contribution in [2.24, 2.45) is 23.5 Å². The van der Waals surface area contributed by atoms with E-state index in [-0.39, 0.29) is 0 Å². The molecule has 0 amide bonds. The van der Waals surface area contributed by atoms with Gasteiger partial charge in [0.1, 0.15) is 0 Å². The molecule has 3 nitrogen and oxygen atoms in total. The topological polar surface area (TPSA) is 32.5 Å². The van der Waals surface area contributed by atoms with Gasteiger partial charge < -0.3 is 10.6 Å². The number of likely N-dealkylation sites (tertiary alicyclic amines) is 1. The first-order valence-corrected chi connectivity index (χ1v) is 8.99. The third-order valence-electron chi connectivity index (χ3n) is 7.12. The van der Waals surface area contributed by atoms with Gasteiger partial charge >= 0.3 is 0 Å². The summed E-state index contributed by atoms with van der Waals surface area (Å²) in [6.45, 7) is 7.46. The molecule has 4 heterocycles. The van der Waals surface area contributed by atoms with E-state index in [2.05, 4.69) is 9.80 Å². The summed E-state index contributed by atoms with van der Waals surface area (Å²) in [5.41, 5.74) is 6.69. The third-order valence-corrected chi connectivity index (χ3v) is 7.12. The summed E-state index contributed by atoms with van der Waals surface area (Å²) in [7, 11) is 0. The highest BCUT2D eigenvalue weighted by Crippen LogP contribution is 2.44. The number of hydrogen-bond acceptors (Lipinski definition) is 3. The molecule has 1 saturated carbocycles. The van der Waals surface area contributed by atoms with Gasteiger partial charge in [0.05, 0.1) is 0 Å². The summed E-state index contributed by atoms with van der Waals surface area (Å²) >= 11 is 0. The van der Waals surface area contributed by atoms with E-state index in [1.165, 1.54) is 77.7 Å². The van der Waals surface area contributed by atoms with E-state index in [1.54, 1.807) is 0 Å². The Balaban J connectivity index is 1.53. The van der Waals surface area contributed by atoms with E-state index < -0.39 is 0 Å². The van der Waals surface area contributed by atoms with Crippen molar-refractivity contribution in [1.29, 1.82) is 0 Å². The third kappa shape index (κ3) is 2.05. The molecule has 1 aliphatic carbocycles. The van der Waals surface area contributed by atoms with Crippen molar-refractivity contribution < 1.29 is 0 Å². The molecule has 5 fully saturated rings. The van der Waals surface area contributed by atoms with Gasteiger partial charge in [0, 0.05) is 25.2 Å². The van der Waals surface area contributed by atoms with Gasteiger partial charge in [0.25, 0.3) is 0 Å². The Kier molecular flexibility index (Phi) is 3.56. The largest absolute Gasteiger partial charge is 0.329 e. The lowest BCUT2D eigenvalue weighted by molar-refractivity contribution is -0.0929. The number of rotatable bonds is 2. The molecule has 5 aliphatic rings. The van der Waals surface area contributed by atoms with Crippen LogP contribution >= 0.6 is 0 Å². The molecule has 0 aromatic carbocycles. The SMILES string of the molecule is NCC1(N2CCC3CCCCC3C2)CN2CCC1CC2. The van der Waals surface area contributed by atoms with Gasteiger partial charge in [-0.3, -0.25) is 4.90 Å². The van der Waals surface area contributed by atoms with E-state index in [4.69, 9.17) is 5.73 Å². The second-order valence-electron chi connectivity index (χ2n) is 7.90. The molecule has 2 bridgehead atoms. The Hall–Kier alpha value is -0.120. The molecule has 20 heavy (non-hydrogen) atoms. The Bertz CT molecular complexity index is 350. The number of fused-ring (bicyclic) bond motifs is 4. The number of piperidine rings is 4. The van der Waals surface area contributed by atoms with Crippen LogP contribution in [0.5, 0.6) is 0 Å². The molecule has 5 rings (SSSR count). The number of nitrogens with two attached hydrogens (primary N) is 1. The molecule has 3 atom stereocenters. The van der Waals surface area contributed by atoms with Crippen molar-refractivity contribution >= 4 is 0 Å². The fraction of sp³-hybridized carbons (Fsp3) is 1.00. The lowest BCUT2D eigenvalue weighted by Gasteiger charge is -2.60. The van der Waals surface area contributed by atoms with Crippen LogP contribution in [0.3, 0.4) is 0 Å². The van der Waals surface area contributed by atoms with E-state index in [1.807, 2.05) is 0 Å². The number of hydrogen-bond donors (Lipinski definition) is 1. The summed E-state index contributed by atoms with van der Waals surface area (Å²) in [6.07, 6.45) is 10.2. The summed E-state index contributed by atoms with van der Waals surface area (Å²) in [4.78, 5) is 5.54. The van der Waals surface area contributed by atoms with Gasteiger partial charge in [0.15, 0.2) is 0 Å². The van der Waals surface area contributed by atoms with Crippen LogP contribution in [0, 0.1) is 17.8 Å². The number of nitrogens with zero attached hydrogens (tertiary/aromatic N) is 2. The Labute approximate surface area is 123 Å². The molecule has 0 aromatic heterocycles. The minimum atomic E-state index is 0.332. The Morgan fingerprint density at radius 3 is 2.30 bits per heavy atom. The maximum atomic E-state index is 6.36. The highest BCUT2D eigenvalue weighted by molar-refractivity contribution is 5.07. The zero-order chi connectivity index (χ0) is 13.6. The molecule has 114 valence electrons. The molecule has 0 aromatic rings. The fourth-order valence-electron chi connectivity index (χ4n) is 5.87. The average Bonchev–Trinajstić information content (AvgIpc) is 2.55. The van der Waals surface area contributed by atoms with Crippen LogP contribution in [0.1, 0.15) is 44.9 Å². The van der Waals surface area contributed by atoms with Crippen molar-refractivity contribution in [2.45, 2.75) is 50.5 Å². The van der Waals surface area contributed by atoms with Crippen LogP contribution in [0.4, 0.5) is 0 Å². The standard InChI is InChI=1S/C17H31N3/c18-12-17(13-19-8-6-16(17)7-9-19)20-10-5-14-3-1-2-4-15(14)11-20/h14-16H,1-13,18H2. The molecule has 4 aliphatic heterocycles. The lowest BCUT2D eigenvalue weighted by Crippen LogP contribution is -2.71. The lowest BCUT2D eigenvalue weighted by atomic mass is 9.68. The maximum absolute atomic E-state index is 6.36. The molecule has 0 spiro atoms. The van der Waals surface area contributed by atoms with Gasteiger partial charge in [-0.1, -0.05) is 19.3 Å². The second-order valence-corrected chi connectivity index (χ2v) is 7.90. The van der Waals surface area contributed by atoms with Gasteiger partial charge in [-0.05, 0) is 63.1 Å². The van der Waals surface area contributed by atoms with Crippen LogP contribution in [0.2, 0.25) is 0 Å². The smallest absolute Gasteiger partial charge is 0.0487 e. The van der Waals surface area contributed by atoms with Crippen LogP contribution in [-0.4, -0.2) is 54.6 Å². The highest BCUT2D eigenvalue weighted by atomic mass is 15.3. The van der Waals surface area contributed by atoms with Crippen LogP contribution < -0.4 is 5.73 Å². The van der Waals surface area contributed by atoms with E-state index in [0.717, 1.165) is 24.3 Å². The van der Waals surface area contributed by atoms with Crippen molar-refractivity contribution in [3.63, 3.8) is 0 Å². The van der Waals surface area contributed by atoms with E-state index >= 15 is 0 Å². The maximum Gasteiger partial charge on any atom is 0.0487 e. The van der Waals surface area contributed by atoms with Crippen LogP contribution in [0.25, 0.3) is 0 Å². The predicted molar refractivity (Wildman–Crippen MR) is 82.6 cm³/mol. The van der Waals surface area contributed by atoms with Gasteiger partial charge in [-0.2, -0.15) is 0 Å². The molecule has 3 unspecified atom stereocenters. The van der Waals surface area contributed by atoms with Gasteiger partial charge in [-0.15, -0.1) is 0 Å². The molecular weight excluding hydrogens is 246 g/mol. The second kappa shape index (κ2) is 5.26. The predicted octanol–water partition coefficient (Wildman–Crippen LogP) is 1.92. The van der Waals surface area contributed by atoms with Gasteiger partial charge in [-0.25, -0.2) is 0 Å².